The Kier molecular flexibility index (Phi) is 7.09. The van der Waals surface area contributed by atoms with Crippen LogP contribution in [-0.2, 0) is 12.8 Å². The van der Waals surface area contributed by atoms with Gasteiger partial charge in [0, 0.05) is 30.6 Å². The fraction of sp³-hybridized carbons (Fsp3) is 0.192. The van der Waals surface area contributed by atoms with Crippen LogP contribution in [0.1, 0.15) is 21.8 Å². The summed E-state index contributed by atoms with van der Waals surface area (Å²) in [7, 11) is 1.61. The Balaban J connectivity index is 1.46. The van der Waals surface area contributed by atoms with Crippen LogP contribution in [0.15, 0.2) is 83.4 Å². The van der Waals surface area contributed by atoms with Crippen LogP contribution in [0.3, 0.4) is 0 Å². The van der Waals surface area contributed by atoms with Crippen molar-refractivity contribution in [1.29, 1.82) is 0 Å². The van der Waals surface area contributed by atoms with Gasteiger partial charge in [-0.1, -0.05) is 41.6 Å². The summed E-state index contributed by atoms with van der Waals surface area (Å²) in [6, 6.07) is 23.0. The Labute approximate surface area is 191 Å². The number of benzene rings is 3. The largest absolute Gasteiger partial charge is 0.497 e. The summed E-state index contributed by atoms with van der Waals surface area (Å²) in [6.45, 7) is 0.852. The van der Waals surface area contributed by atoms with E-state index in [0.717, 1.165) is 16.9 Å². The van der Waals surface area contributed by atoms with Crippen LogP contribution in [-0.4, -0.2) is 41.1 Å². The molecule has 168 valence electrons. The molecule has 4 rings (SSSR count). The maximum absolute atomic E-state index is 13.7. The van der Waals surface area contributed by atoms with Gasteiger partial charge in [0.2, 0.25) is 11.7 Å². The molecule has 3 aromatic carbocycles. The first-order valence-electron chi connectivity index (χ1n) is 10.7. The van der Waals surface area contributed by atoms with Crippen LogP contribution in [0.4, 0.5) is 4.39 Å². The quantitative estimate of drug-likeness (QED) is 0.370. The van der Waals surface area contributed by atoms with Crippen LogP contribution in [0.5, 0.6) is 5.75 Å². The van der Waals surface area contributed by atoms with Gasteiger partial charge in [0.25, 0.3) is 5.91 Å². The summed E-state index contributed by atoms with van der Waals surface area (Å²) in [5.41, 5.74) is 2.24. The topological polar surface area (TPSA) is 68.5 Å². The van der Waals surface area contributed by atoms with Gasteiger partial charge in [0.1, 0.15) is 11.6 Å². The van der Waals surface area contributed by atoms with E-state index in [4.69, 9.17) is 9.26 Å². The molecule has 0 saturated carbocycles. The van der Waals surface area contributed by atoms with Crippen LogP contribution in [0.25, 0.3) is 11.4 Å². The highest BCUT2D eigenvalue weighted by atomic mass is 19.1. The van der Waals surface area contributed by atoms with Crippen LogP contribution in [0, 0.1) is 5.82 Å². The van der Waals surface area contributed by atoms with E-state index in [1.165, 1.54) is 18.2 Å². The smallest absolute Gasteiger partial charge is 0.253 e. The van der Waals surface area contributed by atoms with Crippen molar-refractivity contribution in [2.45, 2.75) is 12.8 Å². The lowest BCUT2D eigenvalue weighted by Gasteiger charge is -2.22. The number of amides is 1. The van der Waals surface area contributed by atoms with E-state index in [1.807, 2.05) is 54.6 Å². The zero-order valence-corrected chi connectivity index (χ0v) is 18.3. The first kappa shape index (κ1) is 22.2. The predicted molar refractivity (Wildman–Crippen MR) is 122 cm³/mol. The van der Waals surface area contributed by atoms with Gasteiger partial charge in [-0.2, -0.15) is 4.98 Å². The molecule has 1 heterocycles. The first-order valence-corrected chi connectivity index (χ1v) is 10.7. The van der Waals surface area contributed by atoms with Crippen molar-refractivity contribution < 1.29 is 18.4 Å². The Bertz CT molecular complexity index is 1190. The first-order chi connectivity index (χ1) is 16.1. The molecular formula is C26H24FN3O3. The molecule has 0 fully saturated rings. The molecule has 0 radical (unpaired) electrons. The lowest BCUT2D eigenvalue weighted by atomic mass is 10.1. The fourth-order valence-electron chi connectivity index (χ4n) is 3.47. The summed E-state index contributed by atoms with van der Waals surface area (Å²) in [5, 5.41) is 4.05. The van der Waals surface area contributed by atoms with Gasteiger partial charge >= 0.3 is 0 Å². The molecule has 33 heavy (non-hydrogen) atoms. The average Bonchev–Trinajstić information content (AvgIpc) is 3.33. The van der Waals surface area contributed by atoms with Crippen LogP contribution < -0.4 is 4.74 Å². The minimum Gasteiger partial charge on any atom is -0.497 e. The molecule has 0 aliphatic carbocycles. The van der Waals surface area contributed by atoms with E-state index in [2.05, 4.69) is 10.1 Å². The molecule has 0 aliphatic heterocycles. The average molecular weight is 445 g/mol. The third-order valence-corrected chi connectivity index (χ3v) is 5.28. The normalized spacial score (nSPS) is 10.7. The minimum absolute atomic E-state index is 0.236. The summed E-state index contributed by atoms with van der Waals surface area (Å²) in [4.78, 5) is 19.3. The second-order valence-electron chi connectivity index (χ2n) is 7.53. The highest BCUT2D eigenvalue weighted by Crippen LogP contribution is 2.20. The third kappa shape index (κ3) is 5.83. The molecule has 0 saturated heterocycles. The maximum atomic E-state index is 13.7. The summed E-state index contributed by atoms with van der Waals surface area (Å²) < 4.78 is 24.3. The lowest BCUT2D eigenvalue weighted by Crippen LogP contribution is -2.35. The number of hydrogen-bond acceptors (Lipinski definition) is 5. The minimum atomic E-state index is -0.440. The fourth-order valence-corrected chi connectivity index (χ4v) is 3.47. The zero-order chi connectivity index (χ0) is 23.0. The number of carbonyl (C=O) groups is 1. The summed E-state index contributed by atoms with van der Waals surface area (Å²) in [6.07, 6.45) is 1.07. The Morgan fingerprint density at radius 2 is 1.73 bits per heavy atom. The number of nitrogens with zero attached hydrogens (tertiary/aromatic N) is 3. The number of halogens is 1. The highest BCUT2D eigenvalue weighted by Gasteiger charge is 2.18. The van der Waals surface area contributed by atoms with Gasteiger partial charge < -0.3 is 14.2 Å². The van der Waals surface area contributed by atoms with E-state index >= 15 is 0 Å². The monoisotopic (exact) mass is 445 g/mol. The lowest BCUT2D eigenvalue weighted by molar-refractivity contribution is 0.0755. The van der Waals surface area contributed by atoms with Crippen molar-refractivity contribution in [3.8, 4) is 17.1 Å². The Hall–Kier alpha value is -4.00. The number of rotatable bonds is 9. The maximum Gasteiger partial charge on any atom is 0.253 e. The van der Waals surface area contributed by atoms with Crippen molar-refractivity contribution in [3.05, 3.63) is 102 Å². The van der Waals surface area contributed by atoms with Crippen molar-refractivity contribution in [1.82, 2.24) is 15.0 Å². The van der Waals surface area contributed by atoms with E-state index in [-0.39, 0.29) is 5.91 Å². The number of methoxy groups -OCH3 is 1. The van der Waals surface area contributed by atoms with E-state index < -0.39 is 5.82 Å². The van der Waals surface area contributed by atoms with Gasteiger partial charge in [-0.3, -0.25) is 4.79 Å². The van der Waals surface area contributed by atoms with Crippen LogP contribution in [0.2, 0.25) is 0 Å². The molecule has 0 spiro atoms. The Morgan fingerprint density at radius 3 is 2.45 bits per heavy atom. The SMILES string of the molecule is COc1ccc(-c2noc(CCN(CCc3ccccc3)C(=O)c3cccc(F)c3)n2)cc1. The molecule has 1 amide bonds. The highest BCUT2D eigenvalue weighted by molar-refractivity contribution is 5.94. The van der Waals surface area contributed by atoms with Gasteiger partial charge in [-0.25, -0.2) is 4.39 Å². The molecular weight excluding hydrogens is 421 g/mol. The molecule has 0 unspecified atom stereocenters. The van der Waals surface area contributed by atoms with E-state index in [9.17, 15) is 9.18 Å². The van der Waals surface area contributed by atoms with Crippen molar-refractivity contribution in [3.63, 3.8) is 0 Å². The molecule has 0 N–H and O–H groups in total. The Morgan fingerprint density at radius 1 is 0.970 bits per heavy atom. The van der Waals surface area contributed by atoms with Crippen LogP contribution >= 0.6 is 0 Å². The number of ether oxygens (including phenoxy) is 1. The molecule has 7 heteroatoms. The van der Waals surface area contributed by atoms with Crippen molar-refractivity contribution >= 4 is 5.91 Å². The summed E-state index contributed by atoms with van der Waals surface area (Å²) >= 11 is 0. The predicted octanol–water partition coefficient (Wildman–Crippen LogP) is 4.81. The third-order valence-electron chi connectivity index (χ3n) is 5.28. The van der Waals surface area contributed by atoms with Gasteiger partial charge in [0.15, 0.2) is 0 Å². The van der Waals surface area contributed by atoms with Gasteiger partial charge in [0.05, 0.1) is 7.11 Å². The van der Waals surface area contributed by atoms with Crippen molar-refractivity contribution in [2.75, 3.05) is 20.2 Å². The number of aromatic nitrogens is 2. The van der Waals surface area contributed by atoms with Crippen molar-refractivity contribution in [2.24, 2.45) is 0 Å². The second-order valence-corrected chi connectivity index (χ2v) is 7.53. The molecule has 0 bridgehead atoms. The molecule has 6 nitrogen and oxygen atoms in total. The number of hydrogen-bond donors (Lipinski definition) is 0. The molecule has 4 aromatic rings. The van der Waals surface area contributed by atoms with E-state index in [0.29, 0.717) is 43.2 Å². The zero-order valence-electron chi connectivity index (χ0n) is 18.3. The molecule has 1 aromatic heterocycles. The number of carbonyl (C=O) groups excluding carboxylic acids is 1. The second kappa shape index (κ2) is 10.5. The van der Waals surface area contributed by atoms with Gasteiger partial charge in [-0.15, -0.1) is 0 Å². The van der Waals surface area contributed by atoms with E-state index in [1.54, 1.807) is 18.1 Å². The standard InChI is InChI=1S/C26H24FN3O3/c1-32-23-12-10-20(11-13-23)25-28-24(33-29-25)15-17-30(16-14-19-6-3-2-4-7-19)26(31)21-8-5-9-22(27)18-21/h2-13,18H,14-17H2,1H3. The van der Waals surface area contributed by atoms with Gasteiger partial charge in [-0.05, 0) is 54.4 Å². The molecule has 0 atom stereocenters. The summed E-state index contributed by atoms with van der Waals surface area (Å²) in [5.74, 6) is 0.968. The molecule has 0 aliphatic rings.